The van der Waals surface area contributed by atoms with Crippen molar-refractivity contribution in [3.8, 4) is 0 Å². The molecule has 1 atom stereocenters. The van der Waals surface area contributed by atoms with Gasteiger partial charge < -0.3 is 14.4 Å². The van der Waals surface area contributed by atoms with Crippen LogP contribution in [0.1, 0.15) is 38.4 Å². The average Bonchev–Trinajstić information content (AvgIpc) is 3.07. The first-order chi connectivity index (χ1) is 10.6. The highest BCUT2D eigenvalue weighted by Crippen LogP contribution is 2.29. The van der Waals surface area contributed by atoms with Gasteiger partial charge in [-0.05, 0) is 32.6 Å². The van der Waals surface area contributed by atoms with Crippen molar-refractivity contribution in [1.82, 2.24) is 19.4 Å². The van der Waals surface area contributed by atoms with E-state index >= 15 is 0 Å². The Kier molecular flexibility index (Phi) is 4.18. The van der Waals surface area contributed by atoms with Crippen molar-refractivity contribution in [2.24, 2.45) is 0 Å². The van der Waals surface area contributed by atoms with Gasteiger partial charge in [-0.3, -0.25) is 9.59 Å². The molecule has 120 valence electrons. The zero-order valence-corrected chi connectivity index (χ0v) is 13.4. The first kappa shape index (κ1) is 15.1. The molecule has 1 unspecified atom stereocenters. The van der Waals surface area contributed by atoms with Crippen molar-refractivity contribution in [1.29, 1.82) is 0 Å². The lowest BCUT2D eigenvalue weighted by molar-refractivity contribution is -0.136. The largest absolute Gasteiger partial charge is 0.338 e. The summed E-state index contributed by atoms with van der Waals surface area (Å²) in [6.45, 7) is 5.36. The van der Waals surface area contributed by atoms with E-state index in [4.69, 9.17) is 0 Å². The van der Waals surface area contributed by atoms with Crippen LogP contribution in [0.5, 0.6) is 0 Å². The molecule has 2 amide bonds. The van der Waals surface area contributed by atoms with Gasteiger partial charge in [0.15, 0.2) is 0 Å². The van der Waals surface area contributed by atoms with Gasteiger partial charge >= 0.3 is 0 Å². The van der Waals surface area contributed by atoms with Crippen LogP contribution in [-0.2, 0) is 16.1 Å². The van der Waals surface area contributed by atoms with Crippen LogP contribution in [0, 0.1) is 6.92 Å². The Balaban J connectivity index is 1.63. The minimum atomic E-state index is 0.128. The fourth-order valence-electron chi connectivity index (χ4n) is 3.31. The molecule has 2 aliphatic rings. The second-order valence-corrected chi connectivity index (χ2v) is 6.39. The number of hydrogen-bond donors (Lipinski definition) is 0. The van der Waals surface area contributed by atoms with Gasteiger partial charge in [0.2, 0.25) is 11.8 Å². The summed E-state index contributed by atoms with van der Waals surface area (Å²) in [6.07, 6.45) is 7.78. The molecule has 6 heteroatoms. The lowest BCUT2D eigenvalue weighted by atomic mass is 10.2. The zero-order valence-electron chi connectivity index (χ0n) is 13.4. The van der Waals surface area contributed by atoms with E-state index in [2.05, 4.69) is 4.98 Å². The fraction of sp³-hybridized carbons (Fsp3) is 0.688. The summed E-state index contributed by atoms with van der Waals surface area (Å²) in [7, 11) is 0. The van der Waals surface area contributed by atoms with Crippen LogP contribution in [0.15, 0.2) is 12.4 Å². The highest BCUT2D eigenvalue weighted by atomic mass is 16.2. The molecule has 22 heavy (non-hydrogen) atoms. The lowest BCUT2D eigenvalue weighted by Gasteiger charge is -2.30. The molecule has 2 heterocycles. The van der Waals surface area contributed by atoms with Crippen molar-refractivity contribution >= 4 is 11.8 Å². The van der Waals surface area contributed by atoms with Crippen molar-refractivity contribution in [2.45, 2.75) is 58.2 Å². The van der Waals surface area contributed by atoms with E-state index in [0.29, 0.717) is 19.1 Å². The van der Waals surface area contributed by atoms with Crippen LogP contribution >= 0.6 is 0 Å². The second kappa shape index (κ2) is 6.10. The summed E-state index contributed by atoms with van der Waals surface area (Å²) in [4.78, 5) is 32.5. The summed E-state index contributed by atoms with van der Waals surface area (Å²) in [5.41, 5.74) is 0. The molecule has 6 nitrogen and oxygen atoms in total. The van der Waals surface area contributed by atoms with Crippen molar-refractivity contribution in [3.63, 3.8) is 0 Å². The van der Waals surface area contributed by atoms with E-state index in [0.717, 1.165) is 38.1 Å². The Morgan fingerprint density at radius 3 is 2.73 bits per heavy atom. The number of carbonyl (C=O) groups excluding carboxylic acids is 2. The summed E-state index contributed by atoms with van der Waals surface area (Å²) >= 11 is 0. The highest BCUT2D eigenvalue weighted by molar-refractivity contribution is 5.77. The minimum absolute atomic E-state index is 0.128. The Morgan fingerprint density at radius 2 is 2.14 bits per heavy atom. The number of nitrogens with zero attached hydrogens (tertiary/aromatic N) is 4. The first-order valence-corrected chi connectivity index (χ1v) is 8.10. The topological polar surface area (TPSA) is 58.4 Å². The van der Waals surface area contributed by atoms with Crippen molar-refractivity contribution in [2.75, 3.05) is 13.1 Å². The molecule has 0 N–H and O–H groups in total. The fourth-order valence-corrected chi connectivity index (χ4v) is 3.31. The van der Waals surface area contributed by atoms with E-state index in [1.165, 1.54) is 0 Å². The molecule has 0 spiro atoms. The molecule has 1 aromatic heterocycles. The third-order valence-electron chi connectivity index (χ3n) is 4.73. The summed E-state index contributed by atoms with van der Waals surface area (Å²) in [5, 5.41) is 0. The van der Waals surface area contributed by atoms with Crippen LogP contribution in [0.25, 0.3) is 0 Å². The molecule has 1 saturated heterocycles. The number of rotatable bonds is 5. The van der Waals surface area contributed by atoms with Crippen LogP contribution in [0.2, 0.25) is 0 Å². The van der Waals surface area contributed by atoms with Crippen LogP contribution < -0.4 is 0 Å². The Labute approximate surface area is 131 Å². The number of likely N-dealkylation sites (tertiary alicyclic amines) is 1. The second-order valence-electron chi connectivity index (χ2n) is 6.39. The molecule has 0 radical (unpaired) electrons. The summed E-state index contributed by atoms with van der Waals surface area (Å²) < 4.78 is 1.88. The van der Waals surface area contributed by atoms with Crippen molar-refractivity contribution < 1.29 is 9.59 Å². The van der Waals surface area contributed by atoms with E-state index in [-0.39, 0.29) is 17.9 Å². The molecule has 0 bridgehead atoms. The summed E-state index contributed by atoms with van der Waals surface area (Å²) in [5.74, 6) is 1.11. The SMILES string of the molecule is CC(=O)N(CC1CCCN1C(=O)Cn1ccnc1C)C1CC1. The number of imidazole rings is 1. The number of aromatic nitrogens is 2. The smallest absolute Gasteiger partial charge is 0.242 e. The maximum absolute atomic E-state index is 12.6. The molecular formula is C16H24N4O2. The minimum Gasteiger partial charge on any atom is -0.338 e. The van der Waals surface area contributed by atoms with Crippen molar-refractivity contribution in [3.05, 3.63) is 18.2 Å². The monoisotopic (exact) mass is 304 g/mol. The average molecular weight is 304 g/mol. The lowest BCUT2D eigenvalue weighted by Crippen LogP contribution is -2.46. The normalized spacial score (nSPS) is 21.2. The molecule has 1 saturated carbocycles. The zero-order chi connectivity index (χ0) is 15.7. The number of carbonyl (C=O) groups is 2. The van der Waals surface area contributed by atoms with Crippen LogP contribution in [0.4, 0.5) is 0 Å². The Morgan fingerprint density at radius 1 is 1.36 bits per heavy atom. The Hall–Kier alpha value is -1.85. The highest BCUT2D eigenvalue weighted by Gasteiger charge is 2.36. The van der Waals surface area contributed by atoms with Gasteiger partial charge in [-0.2, -0.15) is 0 Å². The predicted octanol–water partition coefficient (Wildman–Crippen LogP) is 1.19. The van der Waals surface area contributed by atoms with Crippen LogP contribution in [-0.4, -0.2) is 56.3 Å². The molecule has 1 aliphatic heterocycles. The molecule has 3 rings (SSSR count). The van der Waals surface area contributed by atoms with E-state index < -0.39 is 0 Å². The third kappa shape index (κ3) is 3.15. The number of amides is 2. The predicted molar refractivity (Wildman–Crippen MR) is 82.1 cm³/mol. The quantitative estimate of drug-likeness (QED) is 0.821. The number of hydrogen-bond acceptors (Lipinski definition) is 3. The Bertz CT molecular complexity index is 564. The molecule has 1 aromatic rings. The maximum atomic E-state index is 12.6. The standard InChI is InChI=1S/C16H24N4O2/c1-12-17-7-9-18(12)11-16(22)19-8-3-4-15(19)10-20(13(2)21)14-5-6-14/h7,9,14-15H,3-6,8,10-11H2,1-2H3. The van der Waals surface area contributed by atoms with E-state index in [1.807, 2.05) is 27.5 Å². The number of aryl methyl sites for hydroxylation is 1. The van der Waals surface area contributed by atoms with Gasteiger partial charge in [0.05, 0.1) is 0 Å². The molecule has 0 aromatic carbocycles. The van der Waals surface area contributed by atoms with Gasteiger partial charge in [0, 0.05) is 44.5 Å². The molecule has 2 fully saturated rings. The van der Waals surface area contributed by atoms with Crippen LogP contribution in [0.3, 0.4) is 0 Å². The molecule has 1 aliphatic carbocycles. The summed E-state index contributed by atoms with van der Waals surface area (Å²) in [6, 6.07) is 0.576. The van der Waals surface area contributed by atoms with Gasteiger partial charge in [0.25, 0.3) is 0 Å². The van der Waals surface area contributed by atoms with Gasteiger partial charge in [-0.25, -0.2) is 4.98 Å². The van der Waals surface area contributed by atoms with E-state index in [1.54, 1.807) is 13.1 Å². The van der Waals surface area contributed by atoms with Gasteiger partial charge in [-0.1, -0.05) is 0 Å². The maximum Gasteiger partial charge on any atom is 0.242 e. The molecular weight excluding hydrogens is 280 g/mol. The first-order valence-electron chi connectivity index (χ1n) is 8.10. The van der Waals surface area contributed by atoms with Gasteiger partial charge in [0.1, 0.15) is 12.4 Å². The van der Waals surface area contributed by atoms with E-state index in [9.17, 15) is 9.59 Å². The van der Waals surface area contributed by atoms with Gasteiger partial charge in [-0.15, -0.1) is 0 Å². The third-order valence-corrected chi connectivity index (χ3v) is 4.73.